The molecule has 1 unspecified atom stereocenters. The molecule has 1 atom stereocenters. The van der Waals surface area contributed by atoms with Crippen molar-refractivity contribution in [3.05, 3.63) is 70.2 Å². The number of halogens is 1. The fourth-order valence-corrected chi connectivity index (χ4v) is 6.28. The van der Waals surface area contributed by atoms with Crippen LogP contribution >= 0.6 is 11.6 Å². The fourth-order valence-electron chi connectivity index (χ4n) is 4.52. The van der Waals surface area contributed by atoms with Crippen LogP contribution in [-0.2, 0) is 27.0 Å². The summed E-state index contributed by atoms with van der Waals surface area (Å²) in [6.45, 7) is 0.754. The third-order valence-corrected chi connectivity index (χ3v) is 8.23. The number of piperidine rings is 1. The number of fused-ring (bicyclic) bond motifs is 1. The lowest BCUT2D eigenvalue weighted by molar-refractivity contribution is -0.127. The van der Waals surface area contributed by atoms with E-state index in [1.165, 1.54) is 15.4 Å². The zero-order valence-electron chi connectivity index (χ0n) is 16.9. The molecule has 7 heteroatoms. The molecule has 2 aromatic rings. The van der Waals surface area contributed by atoms with Gasteiger partial charge in [-0.3, -0.25) is 4.79 Å². The van der Waals surface area contributed by atoms with Crippen LogP contribution in [-0.4, -0.2) is 31.7 Å². The molecule has 4 rings (SSSR count). The van der Waals surface area contributed by atoms with Crippen molar-refractivity contribution in [3.8, 4) is 0 Å². The molecule has 160 valence electrons. The molecular weight excluding hydrogens is 420 g/mol. The third-order valence-electron chi connectivity index (χ3n) is 6.14. The van der Waals surface area contributed by atoms with E-state index < -0.39 is 10.0 Å². The Morgan fingerprint density at radius 1 is 1.07 bits per heavy atom. The monoisotopic (exact) mass is 446 g/mol. The summed E-state index contributed by atoms with van der Waals surface area (Å²) < 4.78 is 27.1. The number of rotatable bonds is 5. The zero-order chi connectivity index (χ0) is 21.1. The van der Waals surface area contributed by atoms with Gasteiger partial charge in [0.1, 0.15) is 0 Å². The maximum atomic E-state index is 12.9. The van der Waals surface area contributed by atoms with Crippen molar-refractivity contribution in [2.45, 2.75) is 43.9 Å². The first kappa shape index (κ1) is 21.3. The van der Waals surface area contributed by atoms with Crippen molar-refractivity contribution >= 4 is 27.5 Å². The second kappa shape index (κ2) is 9.08. The summed E-state index contributed by atoms with van der Waals surface area (Å²) >= 11 is 5.97. The summed E-state index contributed by atoms with van der Waals surface area (Å²) in [7, 11) is -3.43. The predicted molar refractivity (Wildman–Crippen MR) is 119 cm³/mol. The number of carbonyl (C=O) groups is 1. The van der Waals surface area contributed by atoms with Crippen molar-refractivity contribution in [1.29, 1.82) is 0 Å². The molecule has 5 nitrogen and oxygen atoms in total. The molecule has 2 aliphatic rings. The Hall–Kier alpha value is -1.89. The van der Waals surface area contributed by atoms with Gasteiger partial charge in [0.2, 0.25) is 15.9 Å². The molecular formula is C23H27ClN2O3S. The molecule has 0 saturated carbocycles. The van der Waals surface area contributed by atoms with Gasteiger partial charge in [0.15, 0.2) is 0 Å². The second-order valence-corrected chi connectivity index (χ2v) is 10.6. The molecule has 1 aliphatic carbocycles. The molecule has 1 saturated heterocycles. The standard InChI is InChI=1S/C23H27ClN2O3S/c24-20-8-3-5-17(15-20)16-30(28,29)26-13-11-19(12-14-26)23(27)25-22-10-4-7-18-6-1-2-9-21(18)22/h1-3,5-6,8-9,15,19,22H,4,7,10-14,16H2,(H,25,27). The minimum Gasteiger partial charge on any atom is -0.349 e. The van der Waals surface area contributed by atoms with Gasteiger partial charge in [0.25, 0.3) is 0 Å². The highest BCUT2D eigenvalue weighted by atomic mass is 35.5. The largest absolute Gasteiger partial charge is 0.349 e. The first-order valence-electron chi connectivity index (χ1n) is 10.5. The Balaban J connectivity index is 1.34. The average molecular weight is 447 g/mol. The topological polar surface area (TPSA) is 66.5 Å². The number of sulfonamides is 1. The summed E-state index contributed by atoms with van der Waals surface area (Å²) in [4.78, 5) is 12.9. The van der Waals surface area contributed by atoms with Gasteiger partial charge >= 0.3 is 0 Å². The number of hydrogen-bond donors (Lipinski definition) is 1. The van der Waals surface area contributed by atoms with Gasteiger partial charge in [-0.25, -0.2) is 12.7 Å². The van der Waals surface area contributed by atoms with Crippen LogP contribution in [0.4, 0.5) is 0 Å². The van der Waals surface area contributed by atoms with Crippen LogP contribution in [0, 0.1) is 5.92 Å². The average Bonchev–Trinajstić information content (AvgIpc) is 2.74. The number of carbonyl (C=O) groups excluding carboxylic acids is 1. The Bertz CT molecular complexity index is 1020. The van der Waals surface area contributed by atoms with E-state index in [4.69, 9.17) is 11.6 Å². The Morgan fingerprint density at radius 2 is 1.83 bits per heavy atom. The van der Waals surface area contributed by atoms with E-state index >= 15 is 0 Å². The molecule has 0 bridgehead atoms. The molecule has 1 aliphatic heterocycles. The van der Waals surface area contributed by atoms with E-state index in [2.05, 4.69) is 17.4 Å². The molecule has 30 heavy (non-hydrogen) atoms. The summed E-state index contributed by atoms with van der Waals surface area (Å²) in [5.41, 5.74) is 3.22. The maximum absolute atomic E-state index is 12.9. The Kier molecular flexibility index (Phi) is 6.46. The normalized spacial score (nSPS) is 20.5. The highest BCUT2D eigenvalue weighted by molar-refractivity contribution is 7.88. The van der Waals surface area contributed by atoms with Crippen molar-refractivity contribution in [3.63, 3.8) is 0 Å². The molecule has 0 radical (unpaired) electrons. The van der Waals surface area contributed by atoms with Crippen molar-refractivity contribution in [2.75, 3.05) is 13.1 Å². The molecule has 1 N–H and O–H groups in total. The number of nitrogens with one attached hydrogen (secondary N) is 1. The number of nitrogens with zero attached hydrogens (tertiary/aromatic N) is 1. The van der Waals surface area contributed by atoms with Crippen molar-refractivity contribution in [1.82, 2.24) is 9.62 Å². The third kappa shape index (κ3) is 4.88. The SMILES string of the molecule is O=C(NC1CCCc2ccccc21)C1CCN(S(=O)(=O)Cc2cccc(Cl)c2)CC1. The van der Waals surface area contributed by atoms with Gasteiger partial charge in [-0.1, -0.05) is 48.0 Å². The molecule has 2 aromatic carbocycles. The van der Waals surface area contributed by atoms with E-state index in [0.29, 0.717) is 36.5 Å². The van der Waals surface area contributed by atoms with Crippen LogP contribution in [0.5, 0.6) is 0 Å². The predicted octanol–water partition coefficient (Wildman–Crippen LogP) is 4.08. The van der Waals surface area contributed by atoms with Gasteiger partial charge in [-0.15, -0.1) is 0 Å². The highest BCUT2D eigenvalue weighted by Gasteiger charge is 2.32. The van der Waals surface area contributed by atoms with Gasteiger partial charge < -0.3 is 5.32 Å². The quantitative estimate of drug-likeness (QED) is 0.752. The van der Waals surface area contributed by atoms with Gasteiger partial charge in [-0.05, 0) is 60.9 Å². The molecule has 0 aromatic heterocycles. The van der Waals surface area contributed by atoms with Crippen LogP contribution in [0.25, 0.3) is 0 Å². The van der Waals surface area contributed by atoms with Crippen molar-refractivity contribution in [2.24, 2.45) is 5.92 Å². The summed E-state index contributed by atoms with van der Waals surface area (Å²) in [5.74, 6) is -0.163. The minimum atomic E-state index is -3.43. The molecule has 1 heterocycles. The summed E-state index contributed by atoms with van der Waals surface area (Å²) in [6, 6.07) is 15.3. The maximum Gasteiger partial charge on any atom is 0.223 e. The van der Waals surface area contributed by atoms with Gasteiger partial charge in [-0.2, -0.15) is 0 Å². The molecule has 1 fully saturated rings. The summed E-state index contributed by atoms with van der Waals surface area (Å²) in [6.07, 6.45) is 4.19. The first-order valence-corrected chi connectivity index (χ1v) is 12.5. The van der Waals surface area contributed by atoms with Crippen LogP contribution in [0.15, 0.2) is 48.5 Å². The first-order chi connectivity index (χ1) is 14.4. The highest BCUT2D eigenvalue weighted by Crippen LogP contribution is 2.30. The van der Waals surface area contributed by atoms with Gasteiger partial charge in [0, 0.05) is 24.0 Å². The van der Waals surface area contributed by atoms with Gasteiger partial charge in [0.05, 0.1) is 11.8 Å². The van der Waals surface area contributed by atoms with E-state index in [-0.39, 0.29) is 23.6 Å². The van der Waals surface area contributed by atoms with Crippen LogP contribution < -0.4 is 5.32 Å². The number of amides is 1. The Labute approximate surface area is 183 Å². The van der Waals surface area contributed by atoms with E-state index in [1.807, 2.05) is 12.1 Å². The lowest BCUT2D eigenvalue weighted by Crippen LogP contribution is -2.44. The van der Waals surface area contributed by atoms with Crippen LogP contribution in [0.3, 0.4) is 0 Å². The summed E-state index contributed by atoms with van der Waals surface area (Å²) in [5, 5.41) is 3.75. The Morgan fingerprint density at radius 3 is 2.60 bits per heavy atom. The number of hydrogen-bond acceptors (Lipinski definition) is 3. The lowest BCUT2D eigenvalue weighted by atomic mass is 9.87. The number of benzene rings is 2. The molecule has 1 amide bonds. The lowest BCUT2D eigenvalue weighted by Gasteiger charge is -2.32. The van der Waals surface area contributed by atoms with E-state index in [9.17, 15) is 13.2 Å². The minimum absolute atomic E-state index is 0.0450. The van der Waals surface area contributed by atoms with Crippen LogP contribution in [0.1, 0.15) is 48.4 Å². The van der Waals surface area contributed by atoms with Crippen LogP contribution in [0.2, 0.25) is 5.02 Å². The zero-order valence-corrected chi connectivity index (χ0v) is 18.5. The van der Waals surface area contributed by atoms with E-state index in [0.717, 1.165) is 19.3 Å². The fraction of sp³-hybridized carbons (Fsp3) is 0.435. The second-order valence-electron chi connectivity index (χ2n) is 8.21. The molecule has 0 spiro atoms. The van der Waals surface area contributed by atoms with Crippen molar-refractivity contribution < 1.29 is 13.2 Å². The smallest absolute Gasteiger partial charge is 0.223 e. The number of aryl methyl sites for hydroxylation is 1. The van der Waals surface area contributed by atoms with E-state index in [1.54, 1.807) is 24.3 Å².